The first-order valence-electron chi connectivity index (χ1n) is 5.26. The minimum absolute atomic E-state index is 0.0468. The molecule has 0 aliphatic heterocycles. The highest BCUT2D eigenvalue weighted by Gasteiger charge is 2.02. The number of carbonyl (C=O) groups is 2. The molecule has 0 aliphatic rings. The van der Waals surface area contributed by atoms with Crippen LogP contribution in [-0.2, 0) is 9.53 Å². The van der Waals surface area contributed by atoms with Crippen LogP contribution in [0.1, 0.15) is 20.3 Å². The van der Waals surface area contributed by atoms with Gasteiger partial charge >= 0.3 is 0 Å². The summed E-state index contributed by atoms with van der Waals surface area (Å²) in [5, 5.41) is 5.36. The van der Waals surface area contributed by atoms with E-state index in [1.54, 1.807) is 6.26 Å². The van der Waals surface area contributed by atoms with Crippen molar-refractivity contribution in [1.29, 1.82) is 0 Å². The second-order valence-corrected chi connectivity index (χ2v) is 4.26. The highest BCUT2D eigenvalue weighted by molar-refractivity contribution is 8.12. The third kappa shape index (κ3) is 9.79. The summed E-state index contributed by atoms with van der Waals surface area (Å²) in [5.41, 5.74) is 0. The van der Waals surface area contributed by atoms with Gasteiger partial charge in [0.2, 0.25) is 5.91 Å². The summed E-state index contributed by atoms with van der Waals surface area (Å²) >= 11 is 1.14. The van der Waals surface area contributed by atoms with E-state index in [4.69, 9.17) is 4.74 Å². The molecule has 0 heterocycles. The maximum Gasteiger partial charge on any atom is 0.278 e. The molecule has 0 unspecified atom stereocenters. The summed E-state index contributed by atoms with van der Waals surface area (Å²) in [6, 6.07) is 0. The molecule has 0 aromatic heterocycles. The SMILES string of the molecule is CSC(=O)NCCCNC(=O)COC(C)C. The van der Waals surface area contributed by atoms with Gasteiger partial charge in [-0.1, -0.05) is 11.8 Å². The molecule has 0 saturated carbocycles. The average Bonchev–Trinajstić information content (AvgIpc) is 2.25. The van der Waals surface area contributed by atoms with Gasteiger partial charge in [-0.15, -0.1) is 0 Å². The van der Waals surface area contributed by atoms with Crippen LogP contribution in [0.25, 0.3) is 0 Å². The Hall–Kier alpha value is -0.750. The van der Waals surface area contributed by atoms with Gasteiger partial charge in [-0.2, -0.15) is 0 Å². The van der Waals surface area contributed by atoms with Gasteiger partial charge in [0.1, 0.15) is 6.61 Å². The minimum atomic E-state index is -0.120. The fraction of sp³-hybridized carbons (Fsp3) is 0.800. The van der Waals surface area contributed by atoms with Crippen LogP contribution in [-0.4, -0.2) is 43.2 Å². The number of carbonyl (C=O) groups excluding carboxylic acids is 2. The fourth-order valence-electron chi connectivity index (χ4n) is 0.872. The number of thioether (sulfide) groups is 1. The Morgan fingerprint density at radius 2 is 1.88 bits per heavy atom. The van der Waals surface area contributed by atoms with E-state index in [1.165, 1.54) is 0 Å². The lowest BCUT2D eigenvalue weighted by molar-refractivity contribution is -0.127. The molecule has 2 amide bonds. The van der Waals surface area contributed by atoms with Crippen molar-refractivity contribution in [2.75, 3.05) is 26.0 Å². The van der Waals surface area contributed by atoms with Gasteiger partial charge in [0.05, 0.1) is 6.10 Å². The Bertz CT molecular complexity index is 222. The summed E-state index contributed by atoms with van der Waals surface area (Å²) < 4.78 is 5.13. The predicted molar refractivity (Wildman–Crippen MR) is 65.6 cm³/mol. The molecule has 16 heavy (non-hydrogen) atoms. The Balaban J connectivity index is 3.31. The molecule has 0 spiro atoms. The first kappa shape index (κ1) is 15.2. The molecular weight excluding hydrogens is 228 g/mol. The van der Waals surface area contributed by atoms with Crippen LogP contribution in [0.5, 0.6) is 0 Å². The molecular formula is C10H20N2O3S. The summed E-state index contributed by atoms with van der Waals surface area (Å²) in [6.45, 7) is 4.98. The largest absolute Gasteiger partial charge is 0.369 e. The van der Waals surface area contributed by atoms with Crippen LogP contribution in [0.4, 0.5) is 4.79 Å². The quantitative estimate of drug-likeness (QED) is 0.659. The maximum atomic E-state index is 11.2. The highest BCUT2D eigenvalue weighted by atomic mass is 32.2. The van der Waals surface area contributed by atoms with Crippen molar-refractivity contribution in [1.82, 2.24) is 10.6 Å². The van der Waals surface area contributed by atoms with E-state index < -0.39 is 0 Å². The summed E-state index contributed by atoms with van der Waals surface area (Å²) in [5.74, 6) is -0.120. The molecule has 0 bridgehead atoms. The maximum absolute atomic E-state index is 11.2. The van der Waals surface area contributed by atoms with Crippen molar-refractivity contribution >= 4 is 22.9 Å². The van der Waals surface area contributed by atoms with Crippen molar-refractivity contribution in [2.45, 2.75) is 26.4 Å². The number of ether oxygens (including phenoxy) is 1. The van der Waals surface area contributed by atoms with E-state index >= 15 is 0 Å². The van der Waals surface area contributed by atoms with E-state index in [1.807, 2.05) is 13.8 Å². The predicted octanol–water partition coefficient (Wildman–Crippen LogP) is 0.990. The normalized spacial score (nSPS) is 10.2. The van der Waals surface area contributed by atoms with Gasteiger partial charge in [0.25, 0.3) is 5.24 Å². The van der Waals surface area contributed by atoms with Crippen LogP contribution in [0.15, 0.2) is 0 Å². The van der Waals surface area contributed by atoms with E-state index in [9.17, 15) is 9.59 Å². The van der Waals surface area contributed by atoms with Crippen LogP contribution in [0, 0.1) is 0 Å². The van der Waals surface area contributed by atoms with Crippen molar-refractivity contribution in [2.24, 2.45) is 0 Å². The number of nitrogens with one attached hydrogen (secondary N) is 2. The number of rotatable bonds is 7. The van der Waals surface area contributed by atoms with Crippen molar-refractivity contribution in [3.63, 3.8) is 0 Å². The molecule has 0 aliphatic carbocycles. The molecule has 5 nitrogen and oxygen atoms in total. The van der Waals surface area contributed by atoms with Crippen LogP contribution >= 0.6 is 11.8 Å². The Morgan fingerprint density at radius 3 is 2.44 bits per heavy atom. The Morgan fingerprint density at radius 1 is 1.25 bits per heavy atom. The van der Waals surface area contributed by atoms with E-state index in [0.717, 1.165) is 18.2 Å². The molecule has 0 aromatic rings. The second kappa shape index (κ2) is 9.47. The molecule has 0 radical (unpaired) electrons. The van der Waals surface area contributed by atoms with Crippen molar-refractivity contribution in [3.05, 3.63) is 0 Å². The molecule has 0 fully saturated rings. The van der Waals surface area contributed by atoms with Gasteiger partial charge < -0.3 is 15.4 Å². The molecule has 0 saturated heterocycles. The first-order chi connectivity index (χ1) is 7.56. The number of hydrogen-bond donors (Lipinski definition) is 2. The van der Waals surface area contributed by atoms with Crippen LogP contribution in [0.2, 0.25) is 0 Å². The van der Waals surface area contributed by atoms with Crippen LogP contribution in [0.3, 0.4) is 0 Å². The van der Waals surface area contributed by atoms with E-state index in [0.29, 0.717) is 13.1 Å². The Labute approximate surface area is 101 Å². The number of hydrogen-bond acceptors (Lipinski definition) is 4. The summed E-state index contributed by atoms with van der Waals surface area (Å²) in [4.78, 5) is 22.0. The van der Waals surface area contributed by atoms with Gasteiger partial charge in [-0.05, 0) is 26.5 Å². The average molecular weight is 248 g/mol. The van der Waals surface area contributed by atoms with Gasteiger partial charge in [0.15, 0.2) is 0 Å². The zero-order valence-electron chi connectivity index (χ0n) is 10.0. The summed E-state index contributed by atoms with van der Waals surface area (Å²) in [7, 11) is 0. The molecule has 6 heteroatoms. The zero-order valence-corrected chi connectivity index (χ0v) is 10.9. The highest BCUT2D eigenvalue weighted by Crippen LogP contribution is 1.91. The Kier molecular flexibility index (Phi) is 9.03. The van der Waals surface area contributed by atoms with Gasteiger partial charge in [0, 0.05) is 13.1 Å². The van der Waals surface area contributed by atoms with E-state index in [-0.39, 0.29) is 23.9 Å². The molecule has 0 aromatic carbocycles. The fourth-order valence-corrected chi connectivity index (χ4v) is 1.12. The zero-order chi connectivity index (χ0) is 12.4. The molecule has 0 atom stereocenters. The molecule has 0 rings (SSSR count). The van der Waals surface area contributed by atoms with E-state index in [2.05, 4.69) is 10.6 Å². The lowest BCUT2D eigenvalue weighted by Crippen LogP contribution is -2.31. The summed E-state index contributed by atoms with van der Waals surface area (Å²) in [6.07, 6.45) is 2.51. The lowest BCUT2D eigenvalue weighted by atomic mass is 10.4. The van der Waals surface area contributed by atoms with Crippen molar-refractivity contribution in [3.8, 4) is 0 Å². The monoisotopic (exact) mass is 248 g/mol. The topological polar surface area (TPSA) is 67.4 Å². The first-order valence-corrected chi connectivity index (χ1v) is 6.49. The standard InChI is InChI=1S/C10H20N2O3S/c1-8(2)15-7-9(13)11-5-4-6-12-10(14)16-3/h8H,4-7H2,1-3H3,(H,11,13)(H,12,14). The third-order valence-electron chi connectivity index (χ3n) is 1.68. The molecule has 94 valence electrons. The van der Waals surface area contributed by atoms with Crippen molar-refractivity contribution < 1.29 is 14.3 Å². The third-order valence-corrected chi connectivity index (χ3v) is 2.19. The molecule has 2 N–H and O–H groups in total. The number of amides is 2. The smallest absolute Gasteiger partial charge is 0.278 e. The second-order valence-electron chi connectivity index (χ2n) is 3.48. The van der Waals surface area contributed by atoms with Gasteiger partial charge in [-0.3, -0.25) is 9.59 Å². The minimum Gasteiger partial charge on any atom is -0.369 e. The van der Waals surface area contributed by atoms with Crippen LogP contribution < -0.4 is 10.6 Å². The van der Waals surface area contributed by atoms with Gasteiger partial charge in [-0.25, -0.2) is 0 Å². The lowest BCUT2D eigenvalue weighted by Gasteiger charge is -2.08.